The Balaban J connectivity index is 2.72. The third-order valence-corrected chi connectivity index (χ3v) is 2.14. The van der Waals surface area contributed by atoms with E-state index in [0.29, 0.717) is 12.5 Å². The number of likely N-dealkylation sites (N-methyl/N-ethyl adjacent to an activating group) is 1. The molecule has 1 aromatic heterocycles. The molecule has 6 heteroatoms. The van der Waals surface area contributed by atoms with Crippen LogP contribution in [0.5, 0.6) is 5.88 Å². The van der Waals surface area contributed by atoms with Crippen molar-refractivity contribution in [3.05, 3.63) is 17.3 Å². The van der Waals surface area contributed by atoms with Crippen LogP contribution in [0.1, 0.15) is 11.3 Å². The largest absolute Gasteiger partial charge is 0.475 e. The number of H-pyrrole nitrogens is 1. The summed E-state index contributed by atoms with van der Waals surface area (Å²) in [5.41, 5.74) is 1.59. The summed E-state index contributed by atoms with van der Waals surface area (Å²) < 4.78 is 9.98. The molecular weight excluding hydrogens is 222 g/mol. The number of carbonyl (C=O) groups is 1. The second-order valence-electron chi connectivity index (χ2n) is 3.38. The van der Waals surface area contributed by atoms with Crippen molar-refractivity contribution >= 4 is 12.0 Å². The van der Waals surface area contributed by atoms with Crippen LogP contribution in [0.25, 0.3) is 6.08 Å². The van der Waals surface area contributed by atoms with Gasteiger partial charge in [-0.1, -0.05) is 0 Å². The summed E-state index contributed by atoms with van der Waals surface area (Å²) in [6.07, 6.45) is 2.96. The van der Waals surface area contributed by atoms with Gasteiger partial charge in [0.15, 0.2) is 0 Å². The molecule has 0 aliphatic heterocycles. The number of ether oxygens (including phenoxy) is 2. The average Bonchev–Trinajstić information content (AvgIpc) is 2.68. The van der Waals surface area contributed by atoms with Crippen LogP contribution in [-0.4, -0.2) is 43.5 Å². The summed E-state index contributed by atoms with van der Waals surface area (Å²) in [6, 6.07) is 0. The van der Waals surface area contributed by atoms with Gasteiger partial charge in [-0.3, -0.25) is 5.10 Å². The Morgan fingerprint density at radius 2 is 2.35 bits per heavy atom. The van der Waals surface area contributed by atoms with Crippen molar-refractivity contribution in [1.82, 2.24) is 15.5 Å². The summed E-state index contributed by atoms with van der Waals surface area (Å²) in [5.74, 6) is 0.0738. The van der Waals surface area contributed by atoms with Gasteiger partial charge in [0.2, 0.25) is 5.88 Å². The Morgan fingerprint density at radius 3 is 3.00 bits per heavy atom. The van der Waals surface area contributed by atoms with Crippen LogP contribution in [0.4, 0.5) is 0 Å². The number of aryl methyl sites for hydroxylation is 1. The molecule has 0 spiro atoms. The standard InChI is InChI=1S/C11H17N3O3/c1-8-9(4-5-10(15)16-3)11(14-13-8)17-7-6-12-2/h4-5,12H,6-7H2,1-3H3,(H,13,14)/b5-4+. The summed E-state index contributed by atoms with van der Waals surface area (Å²) in [6.45, 7) is 3.10. The predicted molar refractivity (Wildman–Crippen MR) is 63.8 cm³/mol. The van der Waals surface area contributed by atoms with Crippen molar-refractivity contribution in [2.75, 3.05) is 27.3 Å². The number of nitrogens with zero attached hydrogens (tertiary/aromatic N) is 1. The highest BCUT2D eigenvalue weighted by molar-refractivity contribution is 5.87. The Bertz CT molecular complexity index is 399. The van der Waals surface area contributed by atoms with Crippen molar-refractivity contribution in [2.45, 2.75) is 6.92 Å². The quantitative estimate of drug-likeness (QED) is 0.429. The molecule has 0 saturated heterocycles. The Hall–Kier alpha value is -1.82. The van der Waals surface area contributed by atoms with E-state index in [1.54, 1.807) is 6.08 Å². The van der Waals surface area contributed by atoms with E-state index in [4.69, 9.17) is 4.74 Å². The third-order valence-electron chi connectivity index (χ3n) is 2.14. The lowest BCUT2D eigenvalue weighted by molar-refractivity contribution is -0.134. The van der Waals surface area contributed by atoms with E-state index in [1.807, 2.05) is 14.0 Å². The maximum absolute atomic E-state index is 11.0. The molecule has 94 valence electrons. The molecule has 0 aliphatic rings. The topological polar surface area (TPSA) is 76.2 Å². The molecule has 0 atom stereocenters. The predicted octanol–water partition coefficient (Wildman–Crippen LogP) is 0.503. The van der Waals surface area contributed by atoms with Crippen molar-refractivity contribution in [1.29, 1.82) is 0 Å². The molecule has 0 amide bonds. The Morgan fingerprint density at radius 1 is 1.59 bits per heavy atom. The molecular formula is C11H17N3O3. The van der Waals surface area contributed by atoms with E-state index < -0.39 is 5.97 Å². The fourth-order valence-corrected chi connectivity index (χ4v) is 1.19. The van der Waals surface area contributed by atoms with Gasteiger partial charge in [0.25, 0.3) is 0 Å². The molecule has 0 aliphatic carbocycles. The number of hydrogen-bond donors (Lipinski definition) is 2. The lowest BCUT2D eigenvalue weighted by atomic mass is 10.2. The minimum absolute atomic E-state index is 0.410. The Kier molecular flexibility index (Phi) is 5.22. The molecule has 0 fully saturated rings. The van der Waals surface area contributed by atoms with Gasteiger partial charge in [-0.05, 0) is 20.0 Å². The molecule has 0 aromatic carbocycles. The number of nitrogens with one attached hydrogen (secondary N) is 2. The van der Waals surface area contributed by atoms with Crippen LogP contribution in [0, 0.1) is 6.92 Å². The average molecular weight is 239 g/mol. The molecule has 6 nitrogen and oxygen atoms in total. The van der Waals surface area contributed by atoms with E-state index in [2.05, 4.69) is 20.3 Å². The van der Waals surface area contributed by atoms with Crippen molar-refractivity contribution in [2.24, 2.45) is 0 Å². The van der Waals surface area contributed by atoms with E-state index in [1.165, 1.54) is 13.2 Å². The first-order valence-electron chi connectivity index (χ1n) is 5.27. The molecule has 1 aromatic rings. The first-order valence-corrected chi connectivity index (χ1v) is 5.27. The minimum atomic E-state index is -0.410. The first-order chi connectivity index (χ1) is 8.19. The smallest absolute Gasteiger partial charge is 0.330 e. The highest BCUT2D eigenvalue weighted by Gasteiger charge is 2.08. The van der Waals surface area contributed by atoms with Crippen molar-refractivity contribution in [3.63, 3.8) is 0 Å². The normalized spacial score (nSPS) is 10.8. The zero-order valence-corrected chi connectivity index (χ0v) is 10.2. The van der Waals surface area contributed by atoms with Crippen LogP contribution < -0.4 is 10.1 Å². The highest BCUT2D eigenvalue weighted by atomic mass is 16.5. The molecule has 1 heterocycles. The van der Waals surface area contributed by atoms with Crippen LogP contribution in [0.2, 0.25) is 0 Å². The highest BCUT2D eigenvalue weighted by Crippen LogP contribution is 2.19. The van der Waals surface area contributed by atoms with Gasteiger partial charge >= 0.3 is 5.97 Å². The fourth-order valence-electron chi connectivity index (χ4n) is 1.19. The number of carbonyl (C=O) groups excluding carboxylic acids is 1. The zero-order chi connectivity index (χ0) is 12.7. The number of aromatic nitrogens is 2. The van der Waals surface area contributed by atoms with Gasteiger partial charge in [0.05, 0.1) is 12.7 Å². The lowest BCUT2D eigenvalue weighted by Gasteiger charge is -2.03. The summed E-state index contributed by atoms with van der Waals surface area (Å²) in [7, 11) is 3.18. The SMILES string of the molecule is CNCCOc1n[nH]c(C)c1/C=C/C(=O)OC. The van der Waals surface area contributed by atoms with Gasteiger partial charge in [0.1, 0.15) is 6.61 Å². The number of hydrogen-bond acceptors (Lipinski definition) is 5. The van der Waals surface area contributed by atoms with Gasteiger partial charge in [-0.25, -0.2) is 4.79 Å². The molecule has 1 rings (SSSR count). The van der Waals surface area contributed by atoms with Crippen molar-refractivity contribution in [3.8, 4) is 5.88 Å². The van der Waals surface area contributed by atoms with Crippen LogP contribution >= 0.6 is 0 Å². The van der Waals surface area contributed by atoms with Crippen LogP contribution in [0.3, 0.4) is 0 Å². The van der Waals surface area contributed by atoms with Crippen molar-refractivity contribution < 1.29 is 14.3 Å². The van der Waals surface area contributed by atoms with Crippen LogP contribution in [0.15, 0.2) is 6.08 Å². The van der Waals surface area contributed by atoms with E-state index in [0.717, 1.165) is 17.8 Å². The lowest BCUT2D eigenvalue weighted by Crippen LogP contribution is -2.16. The molecule has 0 saturated carbocycles. The van der Waals surface area contributed by atoms with Gasteiger partial charge in [-0.15, -0.1) is 5.10 Å². The van der Waals surface area contributed by atoms with E-state index >= 15 is 0 Å². The first kappa shape index (κ1) is 13.2. The molecule has 0 radical (unpaired) electrons. The summed E-state index contributed by atoms with van der Waals surface area (Å²) in [4.78, 5) is 11.0. The number of esters is 1. The molecule has 0 bridgehead atoms. The maximum atomic E-state index is 11.0. The molecule has 0 unspecified atom stereocenters. The maximum Gasteiger partial charge on any atom is 0.330 e. The Labute approximate surface area is 100.0 Å². The minimum Gasteiger partial charge on any atom is -0.475 e. The summed E-state index contributed by atoms with van der Waals surface area (Å²) in [5, 5.41) is 9.79. The van der Waals surface area contributed by atoms with Gasteiger partial charge in [0, 0.05) is 18.3 Å². The number of rotatable bonds is 6. The van der Waals surface area contributed by atoms with E-state index in [9.17, 15) is 4.79 Å². The second-order valence-corrected chi connectivity index (χ2v) is 3.38. The second kappa shape index (κ2) is 6.70. The number of aromatic amines is 1. The van der Waals surface area contributed by atoms with Crippen LogP contribution in [-0.2, 0) is 9.53 Å². The number of methoxy groups -OCH3 is 1. The third kappa shape index (κ3) is 3.92. The molecule has 2 N–H and O–H groups in total. The summed E-state index contributed by atoms with van der Waals surface area (Å²) >= 11 is 0. The van der Waals surface area contributed by atoms with E-state index in [-0.39, 0.29) is 0 Å². The monoisotopic (exact) mass is 239 g/mol. The molecule has 17 heavy (non-hydrogen) atoms. The van der Waals surface area contributed by atoms with Gasteiger partial charge in [-0.2, -0.15) is 0 Å². The zero-order valence-electron chi connectivity index (χ0n) is 10.2. The fraction of sp³-hybridized carbons (Fsp3) is 0.455. The van der Waals surface area contributed by atoms with Gasteiger partial charge < -0.3 is 14.8 Å².